The van der Waals surface area contributed by atoms with Crippen molar-refractivity contribution in [2.45, 2.75) is 128 Å². The second kappa shape index (κ2) is 24.3. The number of rotatable bonds is 15. The molecule has 3 aromatic heterocycles. The number of imidazole rings is 1. The molecule has 6 saturated heterocycles. The van der Waals surface area contributed by atoms with Gasteiger partial charge in [-0.15, -0.1) is 6.42 Å². The number of nitrogens with zero attached hydrogens (tertiary/aromatic N) is 10. The van der Waals surface area contributed by atoms with Crippen molar-refractivity contribution >= 4 is 62.1 Å². The molecule has 3 unspecified atom stereocenters. The van der Waals surface area contributed by atoms with E-state index in [4.69, 9.17) is 35.6 Å². The van der Waals surface area contributed by atoms with Gasteiger partial charge in [0.15, 0.2) is 12.6 Å². The average molecular weight is 1160 g/mol. The number of halogens is 2. The molecule has 3 amide bonds. The summed E-state index contributed by atoms with van der Waals surface area (Å²) in [6, 6.07) is 11.4. The fourth-order valence-electron chi connectivity index (χ4n) is 14.6. The molecule has 6 fully saturated rings. The summed E-state index contributed by atoms with van der Waals surface area (Å²) in [5, 5.41) is 3.74. The Balaban J connectivity index is 0.658. The predicted octanol–water partition coefficient (Wildman–Crippen LogP) is 8.97. The van der Waals surface area contributed by atoms with Gasteiger partial charge >= 0.3 is 11.8 Å². The van der Waals surface area contributed by atoms with E-state index < -0.39 is 29.2 Å². The van der Waals surface area contributed by atoms with Crippen molar-refractivity contribution in [2.75, 3.05) is 89.2 Å². The van der Waals surface area contributed by atoms with Gasteiger partial charge in [0.1, 0.15) is 46.1 Å². The maximum absolute atomic E-state index is 17.6. The smallest absolute Gasteiger partial charge is 0.410 e. The molecular weight excluding hydrogens is 1080 g/mol. The third-order valence-corrected chi connectivity index (χ3v) is 18.9. The first-order valence-electron chi connectivity index (χ1n) is 30.7. The molecule has 3 aromatic carbocycles. The molecule has 6 aliphatic rings. The number of aromatic nitrogens is 5. The van der Waals surface area contributed by atoms with E-state index in [0.717, 1.165) is 108 Å². The Morgan fingerprint density at radius 2 is 1.53 bits per heavy atom. The minimum absolute atomic E-state index is 0.00531. The number of likely N-dealkylation sites (tertiary alicyclic amines) is 2. The quantitative estimate of drug-likeness (QED) is 0.0587. The van der Waals surface area contributed by atoms with E-state index in [0.29, 0.717) is 70.9 Å². The number of ether oxygens (including phenoxy) is 3. The summed E-state index contributed by atoms with van der Waals surface area (Å²) in [4.78, 5) is 77.9. The maximum atomic E-state index is 17.6. The van der Waals surface area contributed by atoms with Crippen molar-refractivity contribution in [3.63, 3.8) is 0 Å². The number of imide groups is 1. The highest BCUT2D eigenvalue weighted by Gasteiger charge is 2.45. The van der Waals surface area contributed by atoms with Crippen LogP contribution in [0, 0.1) is 41.7 Å². The van der Waals surface area contributed by atoms with Gasteiger partial charge in [-0.1, -0.05) is 12.0 Å². The first kappa shape index (κ1) is 58.2. The van der Waals surface area contributed by atoms with Gasteiger partial charge in [-0.25, -0.2) is 28.3 Å². The van der Waals surface area contributed by atoms with Gasteiger partial charge in [0.25, 0.3) is 0 Å². The molecule has 20 heteroatoms. The Morgan fingerprint density at radius 3 is 2.21 bits per heavy atom. The lowest BCUT2D eigenvalue weighted by molar-refractivity contribution is -0.135. The van der Waals surface area contributed by atoms with Crippen molar-refractivity contribution in [2.24, 2.45) is 24.8 Å². The van der Waals surface area contributed by atoms with Gasteiger partial charge in [-0.05, 0) is 184 Å². The number of piperidine rings is 4. The monoisotopic (exact) mass is 1160 g/mol. The fourth-order valence-corrected chi connectivity index (χ4v) is 14.6. The van der Waals surface area contributed by atoms with E-state index >= 15 is 8.78 Å². The predicted molar refractivity (Wildman–Crippen MR) is 323 cm³/mol. The molecule has 85 heavy (non-hydrogen) atoms. The number of fused-ring (bicyclic) bond motifs is 5. The van der Waals surface area contributed by atoms with Crippen molar-refractivity contribution in [1.29, 1.82) is 0 Å². The van der Waals surface area contributed by atoms with Crippen molar-refractivity contribution in [1.82, 2.24) is 44.1 Å². The summed E-state index contributed by atoms with van der Waals surface area (Å²) in [5.41, 5.74) is 2.05. The zero-order valence-corrected chi connectivity index (χ0v) is 49.7. The van der Waals surface area contributed by atoms with Crippen LogP contribution in [0.4, 0.5) is 25.1 Å². The number of carbonyl (C=O) groups excluding carboxylic acids is 3. The van der Waals surface area contributed by atoms with E-state index in [2.05, 4.69) is 43.0 Å². The first-order chi connectivity index (χ1) is 41.0. The van der Waals surface area contributed by atoms with Gasteiger partial charge in [0, 0.05) is 82.6 Å². The molecule has 3 atom stereocenters. The summed E-state index contributed by atoms with van der Waals surface area (Å²) in [7, 11) is 3.25. The zero-order valence-electron chi connectivity index (χ0n) is 49.7. The van der Waals surface area contributed by atoms with E-state index in [-0.39, 0.29) is 65.3 Å². The Hall–Kier alpha value is -7.21. The van der Waals surface area contributed by atoms with Crippen LogP contribution in [0.1, 0.15) is 115 Å². The van der Waals surface area contributed by atoms with Crippen LogP contribution in [0.3, 0.4) is 0 Å². The molecular formula is C65H79F2N11O7. The molecule has 450 valence electrons. The number of methoxy groups -OCH3 is 1. The molecule has 1 N–H and O–H groups in total. The normalized spacial score (nSPS) is 21.6. The Bertz CT molecular complexity index is 3610. The van der Waals surface area contributed by atoms with Crippen molar-refractivity contribution in [3.8, 4) is 29.4 Å². The molecule has 0 spiro atoms. The van der Waals surface area contributed by atoms with Crippen LogP contribution in [-0.4, -0.2) is 154 Å². The number of carbonyl (C=O) groups is 3. The average Bonchev–Trinajstić information content (AvgIpc) is 3.32. The number of benzene rings is 3. The van der Waals surface area contributed by atoms with Gasteiger partial charge < -0.3 is 33.8 Å². The Morgan fingerprint density at radius 1 is 0.824 bits per heavy atom. The topological polar surface area (TPSA) is 173 Å². The Labute approximate surface area is 495 Å². The van der Waals surface area contributed by atoms with Crippen molar-refractivity contribution in [3.05, 3.63) is 82.2 Å². The third-order valence-electron chi connectivity index (χ3n) is 18.9. The van der Waals surface area contributed by atoms with Crippen LogP contribution in [0.15, 0.2) is 53.5 Å². The fraction of sp³-hybridized carbons (Fsp3) is 0.554. The molecule has 9 heterocycles. The van der Waals surface area contributed by atoms with Crippen LogP contribution in [-0.2, 0) is 32.5 Å². The zero-order chi connectivity index (χ0) is 59.3. The molecule has 2 bridgehead atoms. The van der Waals surface area contributed by atoms with E-state index in [1.54, 1.807) is 40.6 Å². The largest absolute Gasteiger partial charge is 0.468 e. The highest BCUT2D eigenvalue weighted by Crippen LogP contribution is 2.41. The van der Waals surface area contributed by atoms with E-state index in [1.807, 2.05) is 31.7 Å². The minimum atomic E-state index is -0.694. The number of hydrogen-bond acceptors (Lipinski definition) is 14. The number of amides is 3. The summed E-state index contributed by atoms with van der Waals surface area (Å²) in [5.74, 6) is 4.08. The van der Waals surface area contributed by atoms with Gasteiger partial charge in [0.05, 0.1) is 34.1 Å². The van der Waals surface area contributed by atoms with E-state index in [1.165, 1.54) is 45.3 Å². The van der Waals surface area contributed by atoms with Gasteiger partial charge in [0.2, 0.25) is 11.8 Å². The lowest BCUT2D eigenvalue weighted by atomic mass is 9.82. The lowest BCUT2D eigenvalue weighted by Gasteiger charge is -2.42. The number of terminal acetylenes is 1. The van der Waals surface area contributed by atoms with Gasteiger partial charge in [-0.3, -0.25) is 33.9 Å². The van der Waals surface area contributed by atoms with Crippen LogP contribution in [0.2, 0.25) is 0 Å². The summed E-state index contributed by atoms with van der Waals surface area (Å²) in [6.07, 6.45) is 19.1. The lowest BCUT2D eigenvalue weighted by Crippen LogP contribution is -2.57. The molecule has 12 rings (SSSR count). The molecule has 6 aliphatic heterocycles. The summed E-state index contributed by atoms with van der Waals surface area (Å²) in [6.45, 7) is 14.9. The molecule has 0 radical (unpaired) electrons. The minimum Gasteiger partial charge on any atom is -0.468 e. The second-order valence-electron chi connectivity index (χ2n) is 25.7. The molecule has 18 nitrogen and oxygen atoms in total. The number of anilines is 2. The van der Waals surface area contributed by atoms with Crippen LogP contribution < -0.4 is 25.5 Å². The highest BCUT2D eigenvalue weighted by atomic mass is 19.1. The summed E-state index contributed by atoms with van der Waals surface area (Å²) < 4.78 is 53.0. The second-order valence-corrected chi connectivity index (χ2v) is 25.7. The van der Waals surface area contributed by atoms with Crippen molar-refractivity contribution < 1.29 is 37.4 Å². The first-order valence-corrected chi connectivity index (χ1v) is 30.7. The number of nitrogens with one attached hydrogen (secondary N) is 1. The molecule has 0 saturated carbocycles. The SMILES string of the molecule is C#Cc1c(F)ccc2cc(OCOC)cc(-c3ncc4c(N5CC6CCC(C5)N6C(=O)OC(C)(C)C)nc(CCCN5CCC(CC6CCN(CC7CCN(c8ccc9c(c8)n(C)c(=O)n9C8CCC(=O)NC8=O)CC7)CC6)CC5)nc4c3F)c12. The van der Waals surface area contributed by atoms with Crippen LogP contribution in [0.5, 0.6) is 5.75 Å². The molecule has 0 aliphatic carbocycles. The van der Waals surface area contributed by atoms with Gasteiger partial charge in [-0.2, -0.15) is 0 Å². The van der Waals surface area contributed by atoms with Crippen LogP contribution >= 0.6 is 0 Å². The summed E-state index contributed by atoms with van der Waals surface area (Å²) >= 11 is 0. The molecule has 6 aromatic rings. The maximum Gasteiger partial charge on any atom is 0.410 e. The number of pyridine rings is 1. The third kappa shape index (κ3) is 12.1. The van der Waals surface area contributed by atoms with Crippen LogP contribution in [0.25, 0.3) is 44.0 Å². The number of piperazine rings is 1. The number of aryl methyl sites for hydroxylation is 2. The highest BCUT2D eigenvalue weighted by molar-refractivity contribution is 6.03. The number of hydrogen-bond donors (Lipinski definition) is 1. The standard InChI is InChI=1S/C65H79F2N11O7/c1-7-48-51(66)14-10-43-32-47(84-39-83-6)34-49(57(43)48)59-58(67)60-50(35-68-59)61(76-37-45-11-12-46(38-76)77(45)64(82)85-65(2,3)4)70-55(69-60)9-8-24-73-25-18-40(19-26-73)31-41-20-27-74(28-21-41)36-42-22-29-75(30-23-42)44-13-15-52-54(33-44)72(5)63(81)78(52)53-16-17-56(79)71-62(53)80/h1,10,13-15,32-35,40-42,45-46,53H,8-9,11-12,16-31,36-39H2,2-6H3,(H,71,79,80). The Kier molecular flexibility index (Phi) is 16.6. The van der Waals surface area contributed by atoms with E-state index in [9.17, 15) is 19.2 Å².